The highest BCUT2D eigenvalue weighted by Gasteiger charge is 2.29. The SMILES string of the molecule is CC(Cc1ccc(C(F)(F)F)cc1)Nc1cccc(C#N)n1. The van der Waals surface area contributed by atoms with Gasteiger partial charge < -0.3 is 5.32 Å². The van der Waals surface area contributed by atoms with Gasteiger partial charge in [-0.25, -0.2) is 4.98 Å². The van der Waals surface area contributed by atoms with Gasteiger partial charge in [-0.3, -0.25) is 0 Å². The Morgan fingerprint density at radius 2 is 1.86 bits per heavy atom. The Balaban J connectivity index is 2.00. The lowest BCUT2D eigenvalue weighted by Gasteiger charge is -2.15. The molecule has 0 aliphatic heterocycles. The first-order chi connectivity index (χ1) is 10.4. The van der Waals surface area contributed by atoms with Crippen LogP contribution in [0.3, 0.4) is 0 Å². The molecule has 0 spiro atoms. The molecular weight excluding hydrogens is 291 g/mol. The molecule has 0 bridgehead atoms. The summed E-state index contributed by atoms with van der Waals surface area (Å²) in [4.78, 5) is 4.10. The minimum absolute atomic E-state index is 0.0295. The van der Waals surface area contributed by atoms with E-state index in [9.17, 15) is 13.2 Å². The quantitative estimate of drug-likeness (QED) is 0.928. The third-order valence-corrected chi connectivity index (χ3v) is 3.08. The second-order valence-electron chi connectivity index (χ2n) is 4.96. The normalized spacial score (nSPS) is 12.5. The topological polar surface area (TPSA) is 48.7 Å². The third kappa shape index (κ3) is 4.22. The van der Waals surface area contributed by atoms with Crippen molar-refractivity contribution in [3.63, 3.8) is 0 Å². The summed E-state index contributed by atoms with van der Waals surface area (Å²) in [5.74, 6) is 0.568. The molecular formula is C16H14F3N3. The molecule has 114 valence electrons. The number of aromatic nitrogens is 1. The molecule has 1 N–H and O–H groups in total. The zero-order chi connectivity index (χ0) is 16.2. The fourth-order valence-electron chi connectivity index (χ4n) is 2.06. The number of pyridine rings is 1. The number of halogens is 3. The summed E-state index contributed by atoms with van der Waals surface area (Å²) in [5.41, 5.74) is 0.455. The van der Waals surface area contributed by atoms with E-state index in [4.69, 9.17) is 5.26 Å². The van der Waals surface area contributed by atoms with E-state index in [1.165, 1.54) is 12.1 Å². The van der Waals surface area contributed by atoms with Gasteiger partial charge in [0.05, 0.1) is 5.56 Å². The fraction of sp³-hybridized carbons (Fsp3) is 0.250. The van der Waals surface area contributed by atoms with Gasteiger partial charge in [0.15, 0.2) is 0 Å². The number of benzene rings is 1. The van der Waals surface area contributed by atoms with Crippen molar-refractivity contribution in [1.82, 2.24) is 4.98 Å². The molecule has 1 unspecified atom stereocenters. The van der Waals surface area contributed by atoms with Gasteiger partial charge in [0.1, 0.15) is 17.6 Å². The Morgan fingerprint density at radius 1 is 1.18 bits per heavy atom. The van der Waals surface area contributed by atoms with Gasteiger partial charge in [-0.05, 0) is 43.2 Å². The molecule has 1 heterocycles. The highest BCUT2D eigenvalue weighted by molar-refractivity contribution is 5.39. The molecule has 22 heavy (non-hydrogen) atoms. The van der Waals surface area contributed by atoms with Crippen molar-refractivity contribution in [3.05, 3.63) is 59.3 Å². The first kappa shape index (κ1) is 15.8. The molecule has 1 aromatic carbocycles. The van der Waals surface area contributed by atoms with E-state index in [1.54, 1.807) is 18.2 Å². The Bertz CT molecular complexity index is 672. The van der Waals surface area contributed by atoms with Gasteiger partial charge in [0.2, 0.25) is 0 Å². The van der Waals surface area contributed by atoms with Gasteiger partial charge in [0.25, 0.3) is 0 Å². The van der Waals surface area contributed by atoms with Crippen molar-refractivity contribution in [2.75, 3.05) is 5.32 Å². The number of nitriles is 1. The Hall–Kier alpha value is -2.55. The second kappa shape index (κ2) is 6.48. The maximum atomic E-state index is 12.5. The van der Waals surface area contributed by atoms with Gasteiger partial charge >= 0.3 is 6.18 Å². The van der Waals surface area contributed by atoms with Crippen molar-refractivity contribution in [2.45, 2.75) is 25.6 Å². The molecule has 2 aromatic rings. The third-order valence-electron chi connectivity index (χ3n) is 3.08. The second-order valence-corrected chi connectivity index (χ2v) is 4.96. The first-order valence-corrected chi connectivity index (χ1v) is 6.68. The van der Waals surface area contributed by atoms with Crippen LogP contribution in [-0.2, 0) is 12.6 Å². The van der Waals surface area contributed by atoms with Gasteiger partial charge in [-0.15, -0.1) is 0 Å². The summed E-state index contributed by atoms with van der Waals surface area (Å²) < 4.78 is 37.5. The van der Waals surface area contributed by atoms with Crippen LogP contribution in [0.15, 0.2) is 42.5 Å². The van der Waals surface area contributed by atoms with Crippen LogP contribution in [0.4, 0.5) is 19.0 Å². The molecule has 0 fully saturated rings. The van der Waals surface area contributed by atoms with Crippen LogP contribution in [0.25, 0.3) is 0 Å². The van der Waals surface area contributed by atoms with Crippen LogP contribution >= 0.6 is 0 Å². The van der Waals surface area contributed by atoms with E-state index in [1.807, 2.05) is 13.0 Å². The number of rotatable bonds is 4. The zero-order valence-electron chi connectivity index (χ0n) is 11.9. The lowest BCUT2D eigenvalue weighted by molar-refractivity contribution is -0.137. The summed E-state index contributed by atoms with van der Waals surface area (Å²) in [7, 11) is 0. The molecule has 0 saturated heterocycles. The van der Waals surface area contributed by atoms with Crippen LogP contribution in [-0.4, -0.2) is 11.0 Å². The van der Waals surface area contributed by atoms with Crippen LogP contribution in [0, 0.1) is 11.3 Å². The van der Waals surface area contributed by atoms with E-state index in [0.29, 0.717) is 17.9 Å². The summed E-state index contributed by atoms with van der Waals surface area (Å²) in [6, 6.07) is 12.1. The summed E-state index contributed by atoms with van der Waals surface area (Å²) in [5, 5.41) is 11.9. The molecule has 1 aromatic heterocycles. The lowest BCUT2D eigenvalue weighted by Crippen LogP contribution is -2.19. The van der Waals surface area contributed by atoms with E-state index in [0.717, 1.165) is 17.7 Å². The standard InChI is InChI=1S/C16H14F3N3/c1-11(21-15-4-2-3-14(10-20)22-15)9-12-5-7-13(8-6-12)16(17,18)19/h2-8,11H,9H2,1H3,(H,21,22). The molecule has 0 aliphatic rings. The number of nitrogens with one attached hydrogen (secondary N) is 1. The number of alkyl halides is 3. The molecule has 0 aliphatic carbocycles. The van der Waals surface area contributed by atoms with Crippen LogP contribution < -0.4 is 5.32 Å². The number of nitrogens with zero attached hydrogens (tertiary/aromatic N) is 2. The van der Waals surface area contributed by atoms with E-state index in [-0.39, 0.29) is 6.04 Å². The minimum Gasteiger partial charge on any atom is -0.367 e. The highest BCUT2D eigenvalue weighted by Crippen LogP contribution is 2.29. The van der Waals surface area contributed by atoms with Crippen LogP contribution in [0.2, 0.25) is 0 Å². The van der Waals surface area contributed by atoms with E-state index in [2.05, 4.69) is 10.3 Å². The molecule has 1 atom stereocenters. The van der Waals surface area contributed by atoms with Gasteiger partial charge in [0, 0.05) is 6.04 Å². The van der Waals surface area contributed by atoms with Crippen molar-refractivity contribution < 1.29 is 13.2 Å². The highest BCUT2D eigenvalue weighted by atomic mass is 19.4. The minimum atomic E-state index is -4.32. The smallest absolute Gasteiger partial charge is 0.367 e. The van der Waals surface area contributed by atoms with Crippen molar-refractivity contribution in [3.8, 4) is 6.07 Å². The maximum absolute atomic E-state index is 12.5. The number of hydrogen-bond donors (Lipinski definition) is 1. The molecule has 2 rings (SSSR count). The van der Waals surface area contributed by atoms with E-state index >= 15 is 0 Å². The summed E-state index contributed by atoms with van der Waals surface area (Å²) in [6.07, 6.45) is -3.76. The largest absolute Gasteiger partial charge is 0.416 e. The van der Waals surface area contributed by atoms with Crippen molar-refractivity contribution in [2.24, 2.45) is 0 Å². The van der Waals surface area contributed by atoms with Crippen LogP contribution in [0.1, 0.15) is 23.7 Å². The average Bonchev–Trinajstić information content (AvgIpc) is 2.47. The predicted octanol–water partition coefficient (Wildman–Crippen LogP) is 4.02. The fourth-order valence-corrected chi connectivity index (χ4v) is 2.06. The first-order valence-electron chi connectivity index (χ1n) is 6.68. The van der Waals surface area contributed by atoms with Crippen LogP contribution in [0.5, 0.6) is 0 Å². The Morgan fingerprint density at radius 3 is 2.45 bits per heavy atom. The van der Waals surface area contributed by atoms with Crippen molar-refractivity contribution >= 4 is 5.82 Å². The van der Waals surface area contributed by atoms with Gasteiger partial charge in [-0.1, -0.05) is 18.2 Å². The van der Waals surface area contributed by atoms with Gasteiger partial charge in [-0.2, -0.15) is 18.4 Å². The summed E-state index contributed by atoms with van der Waals surface area (Å²) in [6.45, 7) is 1.90. The molecule has 0 radical (unpaired) electrons. The van der Waals surface area contributed by atoms with E-state index < -0.39 is 11.7 Å². The molecule has 0 saturated carbocycles. The lowest BCUT2D eigenvalue weighted by atomic mass is 10.0. The monoisotopic (exact) mass is 305 g/mol. The Labute approximate surface area is 126 Å². The zero-order valence-corrected chi connectivity index (χ0v) is 11.9. The average molecular weight is 305 g/mol. The molecule has 6 heteroatoms. The maximum Gasteiger partial charge on any atom is 0.416 e. The summed E-state index contributed by atoms with van der Waals surface area (Å²) >= 11 is 0. The van der Waals surface area contributed by atoms with Crippen molar-refractivity contribution in [1.29, 1.82) is 5.26 Å². The number of anilines is 1. The number of hydrogen-bond acceptors (Lipinski definition) is 3. The molecule has 3 nitrogen and oxygen atoms in total. The Kier molecular flexibility index (Phi) is 4.66. The predicted molar refractivity (Wildman–Crippen MR) is 77.2 cm³/mol. The molecule has 0 amide bonds.